The first-order valence-electron chi connectivity index (χ1n) is 10.5. The van der Waals surface area contributed by atoms with Crippen molar-refractivity contribution in [3.8, 4) is 17.2 Å². The summed E-state index contributed by atoms with van der Waals surface area (Å²) < 4.78 is 16.8. The zero-order valence-corrected chi connectivity index (χ0v) is 24.7. The van der Waals surface area contributed by atoms with Crippen LogP contribution in [0.25, 0.3) is 0 Å². The highest BCUT2D eigenvalue weighted by Crippen LogP contribution is 3.04. The van der Waals surface area contributed by atoms with E-state index in [2.05, 4.69) is 5.73 Å². The molecule has 0 atom stereocenters. The molecule has 0 spiro atoms. The SMILES string of the molecule is CN.COc1ccc(P2(=S)SP(=S)(c3ccc(OCOC(=O)Oc4ccccc4C(=O)O)cc3)S2)cc1. The van der Waals surface area contributed by atoms with Crippen LogP contribution in [0.1, 0.15) is 10.4 Å². The summed E-state index contributed by atoms with van der Waals surface area (Å²) >= 11 is 15.4. The molecule has 1 aliphatic rings. The summed E-state index contributed by atoms with van der Waals surface area (Å²) in [6, 6.07) is 21.0. The molecule has 8 nitrogen and oxygen atoms in total. The number of carbonyl (C=O) groups excluding carboxylic acids is 1. The molecule has 14 heteroatoms. The van der Waals surface area contributed by atoms with Gasteiger partial charge in [0.15, 0.2) is 0 Å². The number of methoxy groups -OCH3 is 1. The zero-order valence-electron chi connectivity index (χ0n) is 19.6. The van der Waals surface area contributed by atoms with Crippen molar-refractivity contribution >= 4 is 77.2 Å². The number of carbonyl (C=O) groups is 2. The van der Waals surface area contributed by atoms with Gasteiger partial charge in [0.2, 0.25) is 6.79 Å². The van der Waals surface area contributed by atoms with Crippen LogP contribution in [0.15, 0.2) is 72.8 Å². The van der Waals surface area contributed by atoms with Crippen molar-refractivity contribution in [1.82, 2.24) is 0 Å². The molecular weight excluding hydrogens is 592 g/mol. The van der Waals surface area contributed by atoms with E-state index in [1.807, 2.05) is 36.4 Å². The van der Waals surface area contributed by atoms with Crippen LogP contribution < -0.4 is 30.6 Å². The van der Waals surface area contributed by atoms with Gasteiger partial charge in [-0.1, -0.05) is 57.7 Å². The third-order valence-corrected chi connectivity index (χ3v) is 35.9. The van der Waals surface area contributed by atoms with Gasteiger partial charge in [0, 0.05) is 10.6 Å². The molecule has 3 aromatic rings. The lowest BCUT2D eigenvalue weighted by Crippen LogP contribution is -2.16. The third-order valence-electron chi connectivity index (χ3n) is 4.68. The maximum absolute atomic E-state index is 11.9. The summed E-state index contributed by atoms with van der Waals surface area (Å²) in [5.41, 5.74) is 4.35. The molecule has 1 fully saturated rings. The van der Waals surface area contributed by atoms with Gasteiger partial charge in [0.05, 0.1) is 16.0 Å². The number of benzene rings is 3. The number of hydrogen-bond donors (Lipinski definition) is 2. The Morgan fingerprint density at radius 1 is 0.865 bits per heavy atom. The molecule has 3 N–H and O–H groups in total. The first kappa shape index (κ1) is 29.5. The molecule has 0 aliphatic carbocycles. The van der Waals surface area contributed by atoms with Gasteiger partial charge in [0.1, 0.15) is 22.8 Å². The summed E-state index contributed by atoms with van der Waals surface area (Å²) in [5, 5.41) is 11.3. The fraction of sp³-hybridized carbons (Fsp3) is 0.130. The average molecular weight is 616 g/mol. The predicted octanol–water partition coefficient (Wildman–Crippen LogP) is 5.57. The minimum atomic E-state index is -1.89. The Labute approximate surface area is 232 Å². The fourth-order valence-electron chi connectivity index (χ4n) is 2.96. The Hall–Kier alpha value is -2.04. The van der Waals surface area contributed by atoms with E-state index in [1.54, 1.807) is 47.3 Å². The van der Waals surface area contributed by atoms with Crippen molar-refractivity contribution in [3.63, 3.8) is 0 Å². The van der Waals surface area contributed by atoms with Crippen LogP contribution in [0.3, 0.4) is 0 Å². The summed E-state index contributed by atoms with van der Waals surface area (Å²) in [6.07, 6.45) is -1.07. The second-order valence-corrected chi connectivity index (χ2v) is 28.2. The largest absolute Gasteiger partial charge is 0.516 e. The molecule has 37 heavy (non-hydrogen) atoms. The quantitative estimate of drug-likeness (QED) is 0.143. The minimum absolute atomic E-state index is 0.111. The van der Waals surface area contributed by atoms with E-state index in [9.17, 15) is 9.59 Å². The molecule has 0 amide bonds. The van der Waals surface area contributed by atoms with Gasteiger partial charge in [-0.15, -0.1) is 0 Å². The minimum Gasteiger partial charge on any atom is -0.497 e. The number of aromatic carboxylic acids is 1. The molecule has 0 unspecified atom stereocenters. The van der Waals surface area contributed by atoms with Crippen molar-refractivity contribution in [2.24, 2.45) is 5.73 Å². The van der Waals surface area contributed by atoms with Gasteiger partial charge in [-0.05, 0) is 67.7 Å². The van der Waals surface area contributed by atoms with Crippen LogP contribution in [0, 0.1) is 0 Å². The summed E-state index contributed by atoms with van der Waals surface area (Å²) in [6.45, 7) is -0.399. The maximum atomic E-state index is 11.9. The second kappa shape index (κ2) is 13.2. The average Bonchev–Trinajstić information content (AvgIpc) is 2.89. The molecule has 4 rings (SSSR count). The lowest BCUT2D eigenvalue weighted by molar-refractivity contribution is 0.0309. The second-order valence-electron chi connectivity index (χ2n) is 6.91. The molecule has 1 aliphatic heterocycles. The highest BCUT2D eigenvalue weighted by Gasteiger charge is 2.45. The number of ether oxygens (including phenoxy) is 4. The lowest BCUT2D eigenvalue weighted by atomic mass is 10.2. The van der Waals surface area contributed by atoms with Gasteiger partial charge in [-0.25, -0.2) is 9.59 Å². The Kier molecular flexibility index (Phi) is 10.5. The van der Waals surface area contributed by atoms with Gasteiger partial charge in [0.25, 0.3) is 0 Å². The van der Waals surface area contributed by atoms with Crippen LogP contribution in [-0.2, 0) is 28.4 Å². The molecule has 0 aromatic heterocycles. The van der Waals surface area contributed by atoms with E-state index in [4.69, 9.17) is 47.7 Å². The normalized spacial score (nSPS) is 19.9. The van der Waals surface area contributed by atoms with Crippen molar-refractivity contribution in [1.29, 1.82) is 0 Å². The molecular formula is C23H23NO7P2S4. The van der Waals surface area contributed by atoms with Gasteiger partial charge < -0.3 is 29.8 Å². The number of hydrogen-bond acceptors (Lipinski definition) is 11. The number of nitrogens with two attached hydrogens (primary N) is 1. The van der Waals surface area contributed by atoms with Crippen LogP contribution in [0.5, 0.6) is 17.2 Å². The monoisotopic (exact) mass is 615 g/mol. The van der Waals surface area contributed by atoms with E-state index in [-0.39, 0.29) is 11.3 Å². The van der Waals surface area contributed by atoms with Gasteiger partial charge in [-0.3, -0.25) is 0 Å². The van der Waals surface area contributed by atoms with Crippen LogP contribution in [-0.4, -0.2) is 38.2 Å². The molecule has 0 bridgehead atoms. The highest BCUT2D eigenvalue weighted by atomic mass is 33.7. The van der Waals surface area contributed by atoms with E-state index >= 15 is 0 Å². The van der Waals surface area contributed by atoms with E-state index in [0.29, 0.717) is 5.75 Å². The Bertz CT molecular complexity index is 1340. The standard InChI is InChI=1S/C22H18O7P2S4.CH5N/c1-26-15-6-10-17(11-7-15)30(32)34-31(33,35-30)18-12-8-16(9-13-18)27-14-28-22(25)29-20-5-3-2-4-19(20)21(23)24;1-2/h2-13H,14H2,1H3,(H,23,24);2H2,1H3. The maximum Gasteiger partial charge on any atom is 0.516 e. The molecule has 0 radical (unpaired) electrons. The smallest absolute Gasteiger partial charge is 0.497 e. The Morgan fingerprint density at radius 3 is 1.89 bits per heavy atom. The first-order chi connectivity index (χ1) is 17.7. The van der Waals surface area contributed by atoms with Crippen LogP contribution in [0.2, 0.25) is 0 Å². The molecule has 1 saturated heterocycles. The number of para-hydroxylation sites is 1. The number of rotatable bonds is 8. The Balaban J connectivity index is 0.00000186. The number of carboxylic acid groups (broad SMARTS) is 1. The predicted molar refractivity (Wildman–Crippen MR) is 159 cm³/mol. The molecule has 3 aromatic carbocycles. The third kappa shape index (κ3) is 7.29. The van der Waals surface area contributed by atoms with Crippen LogP contribution >= 0.6 is 30.9 Å². The van der Waals surface area contributed by atoms with Gasteiger partial charge in [-0.2, -0.15) is 0 Å². The van der Waals surface area contributed by atoms with Crippen molar-refractivity contribution in [2.75, 3.05) is 21.0 Å². The number of carboxylic acids is 1. The molecule has 0 saturated carbocycles. The zero-order chi connectivity index (χ0) is 27.1. The summed E-state index contributed by atoms with van der Waals surface area (Å²) in [4.78, 5) is 23.1. The first-order valence-corrected chi connectivity index (χ1v) is 20.1. The molecule has 196 valence electrons. The van der Waals surface area contributed by atoms with E-state index < -0.39 is 27.8 Å². The van der Waals surface area contributed by atoms with Crippen molar-refractivity contribution in [2.45, 2.75) is 0 Å². The lowest BCUT2D eigenvalue weighted by Gasteiger charge is -2.40. The van der Waals surface area contributed by atoms with Crippen molar-refractivity contribution in [3.05, 3.63) is 78.4 Å². The fourth-order valence-corrected chi connectivity index (χ4v) is 45.2. The van der Waals surface area contributed by atoms with Gasteiger partial charge >= 0.3 is 12.1 Å². The Morgan fingerprint density at radius 2 is 1.38 bits per heavy atom. The van der Waals surface area contributed by atoms with E-state index in [1.165, 1.54) is 25.2 Å². The molecule has 1 heterocycles. The summed E-state index contributed by atoms with van der Waals surface area (Å²) in [5.74, 6) is -0.0448. The summed E-state index contributed by atoms with van der Waals surface area (Å²) in [7, 11) is 3.13. The van der Waals surface area contributed by atoms with E-state index in [0.717, 1.165) is 16.4 Å². The topological polar surface area (TPSA) is 117 Å². The van der Waals surface area contributed by atoms with Crippen molar-refractivity contribution < 1.29 is 33.6 Å². The highest BCUT2D eigenvalue weighted by molar-refractivity contribution is 9.48. The van der Waals surface area contributed by atoms with Crippen LogP contribution in [0.4, 0.5) is 4.79 Å².